The Bertz CT molecular complexity index is 523. The van der Waals surface area contributed by atoms with Crippen LogP contribution in [0, 0.1) is 5.41 Å². The summed E-state index contributed by atoms with van der Waals surface area (Å²) >= 11 is 0. The first kappa shape index (κ1) is 15.1. The summed E-state index contributed by atoms with van der Waals surface area (Å²) in [6, 6.07) is 1.32. The number of carbonyl (C=O) groups is 2. The van der Waals surface area contributed by atoms with Crippen LogP contribution in [0.15, 0.2) is 23.0 Å². The van der Waals surface area contributed by atoms with Crippen molar-refractivity contribution in [2.45, 2.75) is 38.8 Å². The van der Waals surface area contributed by atoms with Gasteiger partial charge in [-0.05, 0) is 43.8 Å². The Morgan fingerprint density at radius 1 is 1.41 bits per heavy atom. The van der Waals surface area contributed by atoms with Gasteiger partial charge >= 0.3 is 5.97 Å². The van der Waals surface area contributed by atoms with Crippen LogP contribution in [0.1, 0.15) is 31.7 Å². The molecule has 2 aliphatic heterocycles. The predicted octanol–water partition coefficient (Wildman–Crippen LogP) is 1.57. The molecule has 1 aromatic rings. The van der Waals surface area contributed by atoms with E-state index in [1.807, 2.05) is 6.07 Å². The monoisotopic (exact) mass is 306 g/mol. The van der Waals surface area contributed by atoms with E-state index in [0.29, 0.717) is 13.0 Å². The third-order valence-electron chi connectivity index (χ3n) is 5.10. The Labute approximate surface area is 129 Å². The Balaban J connectivity index is 1.62. The molecule has 1 aromatic heterocycles. The van der Waals surface area contributed by atoms with Gasteiger partial charge in [-0.3, -0.25) is 9.69 Å². The van der Waals surface area contributed by atoms with Crippen LogP contribution < -0.4 is 0 Å². The molecule has 1 N–H and O–H groups in total. The van der Waals surface area contributed by atoms with Crippen molar-refractivity contribution in [2.24, 2.45) is 5.41 Å². The average Bonchev–Trinajstić information content (AvgIpc) is 3.10. The number of amides is 1. The number of carbonyl (C=O) groups excluding carboxylic acids is 1. The van der Waals surface area contributed by atoms with Gasteiger partial charge in [-0.1, -0.05) is 0 Å². The van der Waals surface area contributed by atoms with Crippen molar-refractivity contribution >= 4 is 11.9 Å². The van der Waals surface area contributed by atoms with E-state index in [-0.39, 0.29) is 11.3 Å². The van der Waals surface area contributed by atoms with E-state index in [1.165, 1.54) is 11.8 Å². The molecule has 1 unspecified atom stereocenters. The second-order valence-corrected chi connectivity index (χ2v) is 6.61. The van der Waals surface area contributed by atoms with E-state index in [0.717, 1.165) is 38.0 Å². The molecule has 6 nitrogen and oxygen atoms in total. The van der Waals surface area contributed by atoms with Gasteiger partial charge < -0.3 is 14.4 Å². The van der Waals surface area contributed by atoms with E-state index < -0.39 is 12.0 Å². The lowest BCUT2D eigenvalue weighted by atomic mass is 9.76. The van der Waals surface area contributed by atoms with Crippen molar-refractivity contribution in [3.8, 4) is 0 Å². The molecule has 2 saturated heterocycles. The zero-order valence-corrected chi connectivity index (χ0v) is 12.8. The zero-order chi connectivity index (χ0) is 15.7. The van der Waals surface area contributed by atoms with Gasteiger partial charge in [-0.2, -0.15) is 0 Å². The molecule has 0 aromatic carbocycles. The Hall–Kier alpha value is -1.82. The van der Waals surface area contributed by atoms with Gasteiger partial charge in [-0.25, -0.2) is 4.79 Å². The molecule has 3 rings (SSSR count). The lowest BCUT2D eigenvalue weighted by Crippen LogP contribution is -2.42. The Morgan fingerprint density at radius 2 is 2.14 bits per heavy atom. The summed E-state index contributed by atoms with van der Waals surface area (Å²) in [6.07, 6.45) is 5.91. The maximum atomic E-state index is 11.7. The summed E-state index contributed by atoms with van der Waals surface area (Å²) < 4.78 is 5.09. The number of nitrogens with zero attached hydrogens (tertiary/aromatic N) is 2. The van der Waals surface area contributed by atoms with Crippen LogP contribution in [0.5, 0.6) is 0 Å². The van der Waals surface area contributed by atoms with E-state index >= 15 is 0 Å². The van der Waals surface area contributed by atoms with Crippen molar-refractivity contribution in [1.29, 1.82) is 0 Å². The molecule has 6 heteroatoms. The second-order valence-electron chi connectivity index (χ2n) is 6.61. The van der Waals surface area contributed by atoms with Gasteiger partial charge in [-0.15, -0.1) is 0 Å². The normalized spacial score (nSPS) is 24.8. The van der Waals surface area contributed by atoms with Gasteiger partial charge in [0.05, 0.1) is 12.5 Å². The fourth-order valence-corrected chi connectivity index (χ4v) is 3.80. The molecule has 1 amide bonds. The number of likely N-dealkylation sites (tertiary alicyclic amines) is 2. The van der Waals surface area contributed by atoms with E-state index in [4.69, 9.17) is 4.42 Å². The molecular weight excluding hydrogens is 284 g/mol. The van der Waals surface area contributed by atoms with Crippen molar-refractivity contribution in [1.82, 2.24) is 9.80 Å². The summed E-state index contributed by atoms with van der Waals surface area (Å²) in [5.41, 5.74) is 1.14. The van der Waals surface area contributed by atoms with Crippen LogP contribution in [-0.4, -0.2) is 52.5 Å². The lowest BCUT2D eigenvalue weighted by Gasteiger charge is -2.39. The number of furan rings is 1. The van der Waals surface area contributed by atoms with Crippen molar-refractivity contribution in [3.05, 3.63) is 24.2 Å². The largest absolute Gasteiger partial charge is 0.480 e. The van der Waals surface area contributed by atoms with E-state index in [1.54, 1.807) is 12.5 Å². The molecule has 3 heterocycles. The van der Waals surface area contributed by atoms with Crippen LogP contribution in [0.4, 0.5) is 0 Å². The van der Waals surface area contributed by atoms with E-state index in [2.05, 4.69) is 4.90 Å². The predicted molar refractivity (Wildman–Crippen MR) is 79.1 cm³/mol. The van der Waals surface area contributed by atoms with Crippen LogP contribution in [0.3, 0.4) is 0 Å². The highest BCUT2D eigenvalue weighted by molar-refractivity contribution is 5.83. The minimum absolute atomic E-state index is 0.0262. The number of hydrogen-bond acceptors (Lipinski definition) is 4. The number of hydrogen-bond donors (Lipinski definition) is 1. The third-order valence-corrected chi connectivity index (χ3v) is 5.10. The Kier molecular flexibility index (Phi) is 3.95. The molecule has 1 spiro atoms. The molecule has 0 saturated carbocycles. The summed E-state index contributed by atoms with van der Waals surface area (Å²) in [4.78, 5) is 27.0. The maximum absolute atomic E-state index is 11.7. The number of aliphatic carboxylic acids is 1. The molecule has 1 atom stereocenters. The van der Waals surface area contributed by atoms with Crippen LogP contribution in [-0.2, 0) is 16.1 Å². The molecule has 22 heavy (non-hydrogen) atoms. The summed E-state index contributed by atoms with van der Waals surface area (Å²) in [5.74, 6) is -1.02. The molecule has 120 valence electrons. The molecule has 2 fully saturated rings. The zero-order valence-electron chi connectivity index (χ0n) is 12.8. The summed E-state index contributed by atoms with van der Waals surface area (Å²) in [5, 5.41) is 9.35. The first-order valence-corrected chi connectivity index (χ1v) is 7.73. The minimum atomic E-state index is -0.882. The quantitative estimate of drug-likeness (QED) is 0.917. The lowest BCUT2D eigenvalue weighted by molar-refractivity contribution is -0.147. The highest BCUT2D eigenvalue weighted by atomic mass is 16.4. The highest BCUT2D eigenvalue weighted by Crippen LogP contribution is 2.43. The first-order chi connectivity index (χ1) is 10.5. The summed E-state index contributed by atoms with van der Waals surface area (Å²) in [6.45, 7) is 4.78. The van der Waals surface area contributed by atoms with Crippen LogP contribution in [0.2, 0.25) is 0 Å². The van der Waals surface area contributed by atoms with Crippen LogP contribution >= 0.6 is 0 Å². The average molecular weight is 306 g/mol. The second kappa shape index (κ2) is 5.76. The number of carboxylic acids is 1. The standard InChI is InChI=1S/C16H22N2O4/c1-12(19)18-11-16(8-14(18)15(20)21)3-5-17(6-4-16)9-13-2-7-22-10-13/h2,7,10,14H,3-6,8-9,11H2,1H3,(H,20,21). The highest BCUT2D eigenvalue weighted by Gasteiger charge is 2.48. The smallest absolute Gasteiger partial charge is 0.326 e. The molecule has 0 aliphatic carbocycles. The van der Waals surface area contributed by atoms with Crippen molar-refractivity contribution in [2.75, 3.05) is 19.6 Å². The van der Waals surface area contributed by atoms with Gasteiger partial charge in [0.2, 0.25) is 5.91 Å². The number of carboxylic acid groups (broad SMARTS) is 1. The Morgan fingerprint density at radius 3 is 2.64 bits per heavy atom. The fraction of sp³-hybridized carbons (Fsp3) is 0.625. The maximum Gasteiger partial charge on any atom is 0.326 e. The number of rotatable bonds is 3. The third kappa shape index (κ3) is 2.88. The van der Waals surface area contributed by atoms with Gasteiger partial charge in [0, 0.05) is 25.6 Å². The van der Waals surface area contributed by atoms with Gasteiger partial charge in [0.25, 0.3) is 0 Å². The molecule has 2 aliphatic rings. The molecule has 0 bridgehead atoms. The fourth-order valence-electron chi connectivity index (χ4n) is 3.80. The van der Waals surface area contributed by atoms with Gasteiger partial charge in [0.15, 0.2) is 0 Å². The van der Waals surface area contributed by atoms with Crippen molar-refractivity contribution in [3.63, 3.8) is 0 Å². The topological polar surface area (TPSA) is 74.0 Å². The SMILES string of the molecule is CC(=O)N1CC2(CCN(Cc3ccoc3)CC2)CC1C(=O)O. The minimum Gasteiger partial charge on any atom is -0.480 e. The summed E-state index contributed by atoms with van der Waals surface area (Å²) in [7, 11) is 0. The van der Waals surface area contributed by atoms with E-state index in [9.17, 15) is 14.7 Å². The van der Waals surface area contributed by atoms with Crippen LogP contribution in [0.25, 0.3) is 0 Å². The first-order valence-electron chi connectivity index (χ1n) is 7.73. The molecule has 0 radical (unpaired) electrons. The van der Waals surface area contributed by atoms with Crippen molar-refractivity contribution < 1.29 is 19.1 Å². The van der Waals surface area contributed by atoms with Gasteiger partial charge in [0.1, 0.15) is 6.04 Å². The molecular formula is C16H22N2O4. The number of piperidine rings is 1.